The lowest BCUT2D eigenvalue weighted by atomic mass is 9.82. The van der Waals surface area contributed by atoms with Crippen LogP contribution in [0.2, 0.25) is 0 Å². The molecule has 1 aliphatic carbocycles. The molecule has 0 saturated carbocycles. The summed E-state index contributed by atoms with van der Waals surface area (Å²) in [6.07, 6.45) is 0. The fraction of sp³-hybridized carbons (Fsp3) is 0.0588. The van der Waals surface area contributed by atoms with Crippen LogP contribution in [0, 0.1) is 0 Å². The van der Waals surface area contributed by atoms with Crippen LogP contribution in [-0.2, 0) is 5.41 Å². The maximum atomic E-state index is 2.53. The van der Waals surface area contributed by atoms with E-state index in [-0.39, 0.29) is 5.41 Å². The molecule has 0 unspecified atom stereocenters. The zero-order valence-corrected chi connectivity index (χ0v) is 30.1. The third-order valence-corrected chi connectivity index (χ3v) is 12.2. The minimum absolute atomic E-state index is 0.104. The Morgan fingerprint density at radius 1 is 0.296 bits per heavy atom. The molecule has 0 spiro atoms. The van der Waals surface area contributed by atoms with Gasteiger partial charge in [0.05, 0.1) is 33.1 Å². The monoisotopic (exact) mass is 689 g/mol. The molecule has 254 valence electrons. The van der Waals surface area contributed by atoms with Gasteiger partial charge in [0.1, 0.15) is 0 Å². The van der Waals surface area contributed by atoms with Crippen LogP contribution in [0.15, 0.2) is 176 Å². The molecule has 0 N–H and O–H groups in total. The van der Waals surface area contributed by atoms with Crippen LogP contribution < -0.4 is 0 Å². The van der Waals surface area contributed by atoms with E-state index in [0.29, 0.717) is 0 Å². The molecule has 11 aromatic rings. The van der Waals surface area contributed by atoms with E-state index >= 15 is 0 Å². The minimum atomic E-state index is -0.104. The molecule has 0 fully saturated rings. The van der Waals surface area contributed by atoms with E-state index in [2.05, 4.69) is 203 Å². The van der Waals surface area contributed by atoms with E-state index in [1.54, 1.807) is 0 Å². The fourth-order valence-electron chi connectivity index (χ4n) is 9.76. The first kappa shape index (κ1) is 29.7. The zero-order valence-electron chi connectivity index (χ0n) is 30.1. The van der Waals surface area contributed by atoms with Gasteiger partial charge in [-0.15, -0.1) is 0 Å². The summed E-state index contributed by atoms with van der Waals surface area (Å²) in [6, 6.07) is 65.1. The van der Waals surface area contributed by atoms with E-state index in [9.17, 15) is 0 Å². The molecular weight excluding hydrogens is 655 g/mol. The number of rotatable bonds is 3. The highest BCUT2D eigenvalue weighted by molar-refractivity contribution is 6.22. The highest BCUT2D eigenvalue weighted by atomic mass is 15.0. The van der Waals surface area contributed by atoms with Gasteiger partial charge in [0, 0.05) is 54.8 Å². The summed E-state index contributed by atoms with van der Waals surface area (Å²) < 4.78 is 7.40. The number of aromatic nitrogens is 3. The number of hydrogen-bond donors (Lipinski definition) is 0. The number of hydrogen-bond acceptors (Lipinski definition) is 0. The summed E-state index contributed by atoms with van der Waals surface area (Å²) >= 11 is 0. The van der Waals surface area contributed by atoms with Crippen LogP contribution in [0.3, 0.4) is 0 Å². The van der Waals surface area contributed by atoms with Gasteiger partial charge >= 0.3 is 0 Å². The molecule has 0 aliphatic heterocycles. The maximum absolute atomic E-state index is 2.53. The van der Waals surface area contributed by atoms with Gasteiger partial charge in [-0.2, -0.15) is 0 Å². The third-order valence-electron chi connectivity index (χ3n) is 12.2. The molecule has 12 rings (SSSR count). The largest absolute Gasteiger partial charge is 0.309 e. The Kier molecular flexibility index (Phi) is 5.84. The highest BCUT2D eigenvalue weighted by Crippen LogP contribution is 2.50. The van der Waals surface area contributed by atoms with Gasteiger partial charge in [0.25, 0.3) is 0 Å². The number of para-hydroxylation sites is 4. The van der Waals surface area contributed by atoms with Crippen LogP contribution >= 0.6 is 0 Å². The molecule has 0 saturated heterocycles. The first-order valence-corrected chi connectivity index (χ1v) is 18.9. The van der Waals surface area contributed by atoms with E-state index in [0.717, 1.165) is 0 Å². The molecule has 0 bridgehead atoms. The van der Waals surface area contributed by atoms with E-state index in [4.69, 9.17) is 0 Å². The topological polar surface area (TPSA) is 14.8 Å². The van der Waals surface area contributed by atoms with Gasteiger partial charge in [0.15, 0.2) is 0 Å². The van der Waals surface area contributed by atoms with Crippen molar-refractivity contribution in [2.75, 3.05) is 0 Å². The SMILES string of the molecule is CC1(C)c2ccccc2-c2ccc(-n3c4cc5c6ccccc6n(-c6ccccc6)c5cc4c4cc5c(cc43)c3ccccc3n5-c3ccccc3)cc21. The minimum Gasteiger partial charge on any atom is -0.309 e. The second-order valence-corrected chi connectivity index (χ2v) is 15.4. The molecule has 3 heteroatoms. The lowest BCUT2D eigenvalue weighted by molar-refractivity contribution is 0.660. The van der Waals surface area contributed by atoms with Crippen molar-refractivity contribution in [2.24, 2.45) is 0 Å². The molecule has 3 aromatic heterocycles. The molecule has 0 radical (unpaired) electrons. The van der Waals surface area contributed by atoms with Gasteiger partial charge in [-0.3, -0.25) is 0 Å². The summed E-state index contributed by atoms with van der Waals surface area (Å²) in [5.41, 5.74) is 16.1. The summed E-state index contributed by atoms with van der Waals surface area (Å²) in [7, 11) is 0. The van der Waals surface area contributed by atoms with Crippen molar-refractivity contribution in [1.29, 1.82) is 0 Å². The lowest BCUT2D eigenvalue weighted by Gasteiger charge is -2.22. The fourth-order valence-corrected chi connectivity index (χ4v) is 9.76. The Bertz CT molecular complexity index is 3170. The van der Waals surface area contributed by atoms with Crippen molar-refractivity contribution < 1.29 is 0 Å². The van der Waals surface area contributed by atoms with Crippen LogP contribution in [0.5, 0.6) is 0 Å². The summed E-state index contributed by atoms with van der Waals surface area (Å²) in [6.45, 7) is 4.74. The smallest absolute Gasteiger partial charge is 0.0548 e. The quantitative estimate of drug-likeness (QED) is 0.175. The maximum Gasteiger partial charge on any atom is 0.0548 e. The van der Waals surface area contributed by atoms with Gasteiger partial charge in [0.2, 0.25) is 0 Å². The van der Waals surface area contributed by atoms with E-state index in [1.807, 2.05) is 0 Å². The van der Waals surface area contributed by atoms with Crippen molar-refractivity contribution >= 4 is 65.4 Å². The molecule has 54 heavy (non-hydrogen) atoms. The Balaban J connectivity index is 1.25. The van der Waals surface area contributed by atoms with Crippen LogP contribution in [0.1, 0.15) is 25.0 Å². The predicted molar refractivity (Wildman–Crippen MR) is 227 cm³/mol. The third kappa shape index (κ3) is 3.85. The summed E-state index contributed by atoms with van der Waals surface area (Å²) in [5, 5.41) is 7.51. The van der Waals surface area contributed by atoms with Crippen molar-refractivity contribution in [2.45, 2.75) is 19.3 Å². The molecule has 0 amide bonds. The average molecular weight is 690 g/mol. The second-order valence-electron chi connectivity index (χ2n) is 15.4. The summed E-state index contributed by atoms with van der Waals surface area (Å²) in [4.78, 5) is 0. The number of benzene rings is 8. The lowest BCUT2D eigenvalue weighted by Crippen LogP contribution is -2.15. The number of fused-ring (bicyclic) bond motifs is 12. The van der Waals surface area contributed by atoms with Crippen LogP contribution in [0.4, 0.5) is 0 Å². The van der Waals surface area contributed by atoms with Crippen molar-refractivity contribution in [3.05, 3.63) is 187 Å². The predicted octanol–water partition coefficient (Wildman–Crippen LogP) is 13.3. The molecule has 0 atom stereocenters. The number of nitrogens with zero attached hydrogens (tertiary/aromatic N) is 3. The Labute approximate surface area is 312 Å². The Morgan fingerprint density at radius 2 is 0.704 bits per heavy atom. The first-order valence-electron chi connectivity index (χ1n) is 18.9. The highest BCUT2D eigenvalue weighted by Gasteiger charge is 2.35. The van der Waals surface area contributed by atoms with Crippen molar-refractivity contribution in [1.82, 2.24) is 13.7 Å². The van der Waals surface area contributed by atoms with Crippen LogP contribution in [0.25, 0.3) is 93.6 Å². The Hall–Kier alpha value is -6.84. The van der Waals surface area contributed by atoms with Gasteiger partial charge in [-0.05, 0) is 95.1 Å². The standard InChI is InChI=1S/C51H35N3/c1-51(2)43-22-12-9-19-35(43)36-26-25-34(27-44(36)51)54-49-28-39-37-20-10-13-23-45(37)52(32-15-5-3-6-16-32)47(39)30-41(49)42-31-48-40(29-50(42)54)38-21-11-14-24-46(38)53(48)33-17-7-4-8-18-33/h3-31H,1-2H3. The first-order chi connectivity index (χ1) is 26.6. The normalized spacial score (nSPS) is 13.5. The average Bonchev–Trinajstić information content (AvgIpc) is 3.90. The van der Waals surface area contributed by atoms with Gasteiger partial charge < -0.3 is 13.7 Å². The molecule has 8 aromatic carbocycles. The second kappa shape index (κ2) is 10.6. The molecule has 3 heterocycles. The van der Waals surface area contributed by atoms with E-state index in [1.165, 1.54) is 105 Å². The molecule has 3 nitrogen and oxygen atoms in total. The molecular formula is C51H35N3. The van der Waals surface area contributed by atoms with Crippen molar-refractivity contribution in [3.63, 3.8) is 0 Å². The van der Waals surface area contributed by atoms with Crippen LogP contribution in [-0.4, -0.2) is 13.7 Å². The van der Waals surface area contributed by atoms with E-state index < -0.39 is 0 Å². The zero-order chi connectivity index (χ0) is 35.7. The van der Waals surface area contributed by atoms with Gasteiger partial charge in [-0.25, -0.2) is 0 Å². The van der Waals surface area contributed by atoms with Gasteiger partial charge in [-0.1, -0.05) is 117 Å². The Morgan fingerprint density at radius 3 is 1.24 bits per heavy atom. The summed E-state index contributed by atoms with van der Waals surface area (Å²) in [5.74, 6) is 0. The molecule has 1 aliphatic rings. The van der Waals surface area contributed by atoms with Crippen molar-refractivity contribution in [3.8, 4) is 28.2 Å².